The van der Waals surface area contributed by atoms with Crippen molar-refractivity contribution in [3.8, 4) is 0 Å². The summed E-state index contributed by atoms with van der Waals surface area (Å²) >= 11 is 1.26. The molecule has 0 radical (unpaired) electrons. The van der Waals surface area contributed by atoms with Gasteiger partial charge in [-0.3, -0.25) is 9.36 Å². The van der Waals surface area contributed by atoms with Crippen LogP contribution in [0.15, 0.2) is 24.3 Å². The highest BCUT2D eigenvalue weighted by Gasteiger charge is 2.19. The predicted molar refractivity (Wildman–Crippen MR) is 65.2 cm³/mol. The molecule has 0 saturated carbocycles. The Bertz CT molecular complexity index is 573. The summed E-state index contributed by atoms with van der Waals surface area (Å²) in [6.07, 6.45) is -0.830. The van der Waals surface area contributed by atoms with Crippen molar-refractivity contribution in [1.82, 2.24) is 4.98 Å². The van der Waals surface area contributed by atoms with E-state index in [-0.39, 0.29) is 0 Å². The van der Waals surface area contributed by atoms with Crippen LogP contribution in [0.5, 0.6) is 0 Å². The topological polar surface area (TPSA) is 99.5 Å². The number of aromatic nitrogens is 1. The molecule has 3 N–H and O–H groups in total. The number of benzene rings is 1. The van der Waals surface area contributed by atoms with Gasteiger partial charge in [-0.05, 0) is 12.1 Å². The molecule has 17 heavy (non-hydrogen) atoms. The van der Waals surface area contributed by atoms with Gasteiger partial charge in [0.25, 0.3) is 0 Å². The van der Waals surface area contributed by atoms with Gasteiger partial charge in [-0.1, -0.05) is 23.5 Å². The Hall–Kier alpha value is -1.27. The second-order valence-corrected chi connectivity index (χ2v) is 6.03. The molecule has 2 rings (SSSR count). The number of hydrogen-bond donors (Lipinski definition) is 3. The predicted octanol–water partition coefficient (Wildman–Crippen LogP) is 1.41. The molecular formula is C9H9N2O4PS. The monoisotopic (exact) mass is 272 g/mol. The first kappa shape index (κ1) is 12.2. The molecule has 0 saturated heterocycles. The van der Waals surface area contributed by atoms with Crippen LogP contribution in [0.2, 0.25) is 0 Å². The third-order valence-corrected chi connectivity index (χ3v) is 3.54. The average molecular weight is 272 g/mol. The van der Waals surface area contributed by atoms with Crippen molar-refractivity contribution in [3.05, 3.63) is 24.3 Å². The van der Waals surface area contributed by atoms with E-state index in [1.165, 1.54) is 11.3 Å². The number of carbonyl (C=O) groups excluding carboxylic acids is 1. The van der Waals surface area contributed by atoms with E-state index in [9.17, 15) is 9.36 Å². The van der Waals surface area contributed by atoms with E-state index in [1.54, 1.807) is 6.07 Å². The van der Waals surface area contributed by atoms with Crippen LogP contribution in [0.1, 0.15) is 0 Å². The van der Waals surface area contributed by atoms with Gasteiger partial charge in [0.05, 0.1) is 10.2 Å². The standard InChI is InChI=1S/C9H9N2O4PS/c12-8(5-16(13,14)15)11-9-10-6-3-1-2-4-7(6)17-9/h1-4H,5H2,(H,10,11,12)(H2,13,14,15). The van der Waals surface area contributed by atoms with Crippen molar-refractivity contribution in [2.24, 2.45) is 0 Å². The lowest BCUT2D eigenvalue weighted by atomic mass is 10.3. The number of rotatable bonds is 3. The Labute approximate surface area is 100 Å². The van der Waals surface area contributed by atoms with Crippen LogP contribution in [0.25, 0.3) is 10.2 Å². The number of fused-ring (bicyclic) bond motifs is 1. The minimum atomic E-state index is -4.33. The molecule has 8 heteroatoms. The molecular weight excluding hydrogens is 263 g/mol. The highest BCUT2D eigenvalue weighted by Crippen LogP contribution is 2.34. The van der Waals surface area contributed by atoms with E-state index in [0.29, 0.717) is 5.13 Å². The Balaban J connectivity index is 2.13. The number of nitrogens with one attached hydrogen (secondary N) is 1. The van der Waals surface area contributed by atoms with Gasteiger partial charge in [-0.2, -0.15) is 0 Å². The number of carbonyl (C=O) groups is 1. The fourth-order valence-electron chi connectivity index (χ4n) is 1.27. The van der Waals surface area contributed by atoms with E-state index < -0.39 is 19.7 Å². The summed E-state index contributed by atoms with van der Waals surface area (Å²) in [5.74, 6) is -0.739. The lowest BCUT2D eigenvalue weighted by molar-refractivity contribution is -0.114. The van der Waals surface area contributed by atoms with Crippen LogP contribution < -0.4 is 5.32 Å². The average Bonchev–Trinajstić information content (AvgIpc) is 2.55. The van der Waals surface area contributed by atoms with Crippen molar-refractivity contribution >= 4 is 40.2 Å². The summed E-state index contributed by atoms with van der Waals surface area (Å²) in [5.41, 5.74) is 0.740. The molecule has 0 fully saturated rings. The molecule has 1 aromatic carbocycles. The third-order valence-electron chi connectivity index (χ3n) is 1.89. The summed E-state index contributed by atoms with van der Waals surface area (Å²) < 4.78 is 11.5. The molecule has 0 aliphatic heterocycles. The molecule has 1 aromatic heterocycles. The van der Waals surface area contributed by atoms with E-state index in [4.69, 9.17) is 9.79 Å². The minimum absolute atomic E-state index is 0.338. The van der Waals surface area contributed by atoms with Crippen LogP contribution in [0, 0.1) is 0 Å². The van der Waals surface area contributed by atoms with Crippen molar-refractivity contribution < 1.29 is 19.1 Å². The first-order valence-corrected chi connectivity index (χ1v) is 7.25. The van der Waals surface area contributed by atoms with E-state index >= 15 is 0 Å². The van der Waals surface area contributed by atoms with Gasteiger partial charge in [0, 0.05) is 0 Å². The molecule has 1 amide bonds. The molecule has 2 aromatic rings. The van der Waals surface area contributed by atoms with E-state index in [2.05, 4.69) is 10.3 Å². The number of amides is 1. The van der Waals surface area contributed by atoms with Crippen molar-refractivity contribution in [2.75, 3.05) is 11.5 Å². The summed E-state index contributed by atoms with van der Waals surface area (Å²) in [6, 6.07) is 7.32. The number of thiazole rings is 1. The smallest absolute Gasteiger partial charge is 0.324 e. The van der Waals surface area contributed by atoms with Crippen molar-refractivity contribution in [2.45, 2.75) is 0 Å². The Morgan fingerprint density at radius 2 is 2.12 bits per heavy atom. The maximum Gasteiger partial charge on any atom is 0.334 e. The van der Waals surface area contributed by atoms with Crippen LogP contribution in [-0.2, 0) is 9.36 Å². The first-order valence-electron chi connectivity index (χ1n) is 4.64. The molecule has 0 aliphatic carbocycles. The SMILES string of the molecule is O=C(CP(=O)(O)O)Nc1nc2ccccc2s1. The van der Waals surface area contributed by atoms with Gasteiger partial charge >= 0.3 is 7.60 Å². The van der Waals surface area contributed by atoms with Crippen LogP contribution in [0.4, 0.5) is 5.13 Å². The second-order valence-electron chi connectivity index (χ2n) is 3.36. The highest BCUT2D eigenvalue weighted by atomic mass is 32.1. The fourth-order valence-corrected chi connectivity index (χ4v) is 2.61. The molecule has 0 aliphatic rings. The van der Waals surface area contributed by atoms with E-state index in [0.717, 1.165) is 10.2 Å². The van der Waals surface area contributed by atoms with Gasteiger partial charge in [-0.15, -0.1) is 0 Å². The zero-order chi connectivity index (χ0) is 12.5. The maximum atomic E-state index is 11.3. The van der Waals surface area contributed by atoms with Gasteiger partial charge in [-0.25, -0.2) is 4.98 Å². The first-order chi connectivity index (χ1) is 7.94. The molecule has 6 nitrogen and oxygen atoms in total. The minimum Gasteiger partial charge on any atom is -0.324 e. The number of anilines is 1. The molecule has 0 unspecified atom stereocenters. The lowest BCUT2D eigenvalue weighted by Crippen LogP contribution is -2.15. The Kier molecular flexibility index (Phi) is 3.26. The lowest BCUT2D eigenvalue weighted by Gasteiger charge is -2.02. The summed E-state index contributed by atoms with van der Waals surface area (Å²) in [7, 11) is -4.33. The fraction of sp³-hybridized carbons (Fsp3) is 0.111. The molecule has 0 spiro atoms. The number of hydrogen-bond acceptors (Lipinski definition) is 4. The second kappa shape index (κ2) is 4.54. The van der Waals surface area contributed by atoms with Crippen molar-refractivity contribution in [1.29, 1.82) is 0 Å². The zero-order valence-electron chi connectivity index (χ0n) is 8.53. The number of para-hydroxylation sites is 1. The van der Waals surface area contributed by atoms with Gasteiger partial charge in [0.15, 0.2) is 5.13 Å². The molecule has 90 valence electrons. The molecule has 0 atom stereocenters. The summed E-state index contributed by atoms with van der Waals surface area (Å²) in [5, 5.41) is 2.70. The van der Waals surface area contributed by atoms with Crippen LogP contribution in [0.3, 0.4) is 0 Å². The molecule has 1 heterocycles. The number of nitrogens with zero attached hydrogens (tertiary/aromatic N) is 1. The Morgan fingerprint density at radius 3 is 2.76 bits per heavy atom. The summed E-state index contributed by atoms with van der Waals surface area (Å²) in [4.78, 5) is 32.7. The van der Waals surface area contributed by atoms with E-state index in [1.807, 2.05) is 18.2 Å². The van der Waals surface area contributed by atoms with Gasteiger partial charge in [0.2, 0.25) is 5.91 Å². The highest BCUT2D eigenvalue weighted by molar-refractivity contribution is 7.52. The summed E-state index contributed by atoms with van der Waals surface area (Å²) in [6.45, 7) is 0. The van der Waals surface area contributed by atoms with Crippen LogP contribution >= 0.6 is 18.9 Å². The third kappa shape index (κ3) is 3.34. The largest absolute Gasteiger partial charge is 0.334 e. The Morgan fingerprint density at radius 1 is 1.41 bits per heavy atom. The van der Waals surface area contributed by atoms with Gasteiger partial charge in [0.1, 0.15) is 6.16 Å². The van der Waals surface area contributed by atoms with Crippen molar-refractivity contribution in [3.63, 3.8) is 0 Å². The zero-order valence-corrected chi connectivity index (χ0v) is 10.2. The quantitative estimate of drug-likeness (QED) is 0.734. The van der Waals surface area contributed by atoms with Crippen LogP contribution in [-0.4, -0.2) is 26.8 Å². The molecule has 0 bridgehead atoms. The maximum absolute atomic E-state index is 11.3. The van der Waals surface area contributed by atoms with Gasteiger partial charge < -0.3 is 15.1 Å². The normalized spacial score (nSPS) is 11.6.